The fraction of sp³-hybridized carbons (Fsp3) is 0.483. The van der Waals surface area contributed by atoms with Gasteiger partial charge in [0.1, 0.15) is 21.5 Å². The van der Waals surface area contributed by atoms with Crippen LogP contribution in [0.4, 0.5) is 0 Å². The molecule has 2 aromatic carbocycles. The molecule has 3 fully saturated rings. The van der Waals surface area contributed by atoms with E-state index in [1.807, 2.05) is 41.6 Å². The Bertz CT molecular complexity index is 1390. The number of amides is 1. The molecular formula is C29H35N3O3S. The van der Waals surface area contributed by atoms with E-state index in [9.17, 15) is 9.00 Å². The van der Waals surface area contributed by atoms with Crippen LogP contribution in [0.25, 0.3) is 11.0 Å². The fourth-order valence-corrected chi connectivity index (χ4v) is 8.43. The van der Waals surface area contributed by atoms with E-state index >= 15 is 0 Å². The highest BCUT2D eigenvalue weighted by Gasteiger charge is 2.46. The first-order valence-electron chi connectivity index (χ1n) is 13.2. The first kappa shape index (κ1) is 23.7. The number of nitrogens with zero attached hydrogens (tertiary/aromatic N) is 3. The quantitative estimate of drug-likeness (QED) is 0.426. The zero-order valence-corrected chi connectivity index (χ0v) is 22.0. The lowest BCUT2D eigenvalue weighted by molar-refractivity contribution is -0.138. The monoisotopic (exact) mass is 505 g/mol. The molecule has 0 spiro atoms. The topological polar surface area (TPSA) is 66.1 Å². The lowest BCUT2D eigenvalue weighted by Crippen LogP contribution is -2.51. The van der Waals surface area contributed by atoms with Crippen LogP contribution in [-0.4, -0.2) is 45.0 Å². The number of fused-ring (bicyclic) bond motifs is 2. The van der Waals surface area contributed by atoms with Gasteiger partial charge >= 0.3 is 0 Å². The summed E-state index contributed by atoms with van der Waals surface area (Å²) in [5.41, 5.74) is 3.04. The fourth-order valence-electron chi connectivity index (χ4n) is 6.33. The summed E-state index contributed by atoms with van der Waals surface area (Å²) in [7, 11) is -1.24. The zero-order valence-electron chi connectivity index (χ0n) is 21.1. The average molecular weight is 506 g/mol. The van der Waals surface area contributed by atoms with Gasteiger partial charge in [0.15, 0.2) is 0 Å². The Kier molecular flexibility index (Phi) is 6.16. The maximum atomic E-state index is 14.3. The maximum Gasteiger partial charge on any atom is 0.241 e. The molecule has 1 amide bonds. The average Bonchev–Trinajstić information content (AvgIpc) is 3.26. The van der Waals surface area contributed by atoms with Gasteiger partial charge in [0, 0.05) is 31.6 Å². The highest BCUT2D eigenvalue weighted by Crippen LogP contribution is 2.50. The summed E-state index contributed by atoms with van der Waals surface area (Å²) in [5, 5.41) is 1.07. The van der Waals surface area contributed by atoms with Crippen molar-refractivity contribution in [2.75, 3.05) is 13.6 Å². The second-order valence-electron chi connectivity index (χ2n) is 10.8. The third kappa shape index (κ3) is 4.26. The first-order chi connectivity index (χ1) is 17.5. The van der Waals surface area contributed by atoms with E-state index < -0.39 is 16.0 Å². The van der Waals surface area contributed by atoms with Crippen molar-refractivity contribution in [2.24, 2.45) is 16.2 Å². The van der Waals surface area contributed by atoms with E-state index in [4.69, 9.17) is 4.42 Å². The lowest BCUT2D eigenvalue weighted by atomic mass is 9.93. The van der Waals surface area contributed by atoms with Crippen LogP contribution < -0.4 is 0 Å². The number of carbonyl (C=O) groups excluding carboxylic acids is 1. The lowest BCUT2D eigenvalue weighted by Gasteiger charge is -2.38. The van der Waals surface area contributed by atoms with Crippen LogP contribution in [0.2, 0.25) is 0 Å². The standard InChI is InChI=1S/C29H35N3O3S/c1-20-5-11-26(12-6-20)36(34,30-2)32-14-3-4-27(32)29(33)31(25-10-9-23-17-24(23)18-25)19-21-7-8-22-13-15-35-28(22)16-21/h5-8,11-13,15-16,23-25,27H,3-4,9-10,14,17-19H2,1-2H3/t23?,24?,25?,27-,36?/m0/s1. The molecule has 7 heteroatoms. The summed E-state index contributed by atoms with van der Waals surface area (Å²) in [5.74, 6) is 1.72. The summed E-state index contributed by atoms with van der Waals surface area (Å²) < 4.78 is 26.2. The molecule has 2 heterocycles. The SMILES string of the molecule is CN=S(=O)(c1ccc(C)cc1)N1CCC[C@H]1C(=O)N(Cc1ccc2ccoc2c1)C1CCC2CC2C1. The molecule has 3 aliphatic rings. The van der Waals surface area contributed by atoms with Crippen LogP contribution in [0.5, 0.6) is 0 Å². The Labute approximate surface area is 214 Å². The molecule has 0 N–H and O–H groups in total. The number of hydrogen-bond donors (Lipinski definition) is 0. The van der Waals surface area contributed by atoms with E-state index in [0.29, 0.717) is 24.4 Å². The molecule has 3 aromatic rings. The van der Waals surface area contributed by atoms with Crippen LogP contribution in [-0.2, 0) is 21.3 Å². The van der Waals surface area contributed by atoms with Gasteiger partial charge in [-0.05, 0) is 87.1 Å². The first-order valence-corrected chi connectivity index (χ1v) is 14.7. The minimum atomic E-state index is -2.86. The van der Waals surface area contributed by atoms with Gasteiger partial charge in [0.2, 0.25) is 5.91 Å². The summed E-state index contributed by atoms with van der Waals surface area (Å²) in [6.07, 6.45) is 7.90. The molecule has 5 atom stereocenters. The second kappa shape index (κ2) is 9.34. The van der Waals surface area contributed by atoms with E-state index in [-0.39, 0.29) is 11.9 Å². The smallest absolute Gasteiger partial charge is 0.241 e. The Hall–Kier alpha value is -2.64. The van der Waals surface area contributed by atoms with E-state index in [0.717, 1.165) is 53.2 Å². The number of furan rings is 1. The van der Waals surface area contributed by atoms with Gasteiger partial charge in [-0.25, -0.2) is 12.9 Å². The van der Waals surface area contributed by atoms with Crippen molar-refractivity contribution in [1.82, 2.24) is 9.21 Å². The van der Waals surface area contributed by atoms with Crippen LogP contribution >= 0.6 is 0 Å². The van der Waals surface area contributed by atoms with Gasteiger partial charge in [-0.3, -0.25) is 4.79 Å². The Balaban J connectivity index is 1.32. The number of benzene rings is 2. The van der Waals surface area contributed by atoms with Crippen LogP contribution in [0, 0.1) is 18.8 Å². The van der Waals surface area contributed by atoms with Crippen LogP contribution in [0.1, 0.15) is 49.7 Å². The Morgan fingerprint density at radius 3 is 2.69 bits per heavy atom. The third-order valence-electron chi connectivity index (χ3n) is 8.49. The largest absolute Gasteiger partial charge is 0.464 e. The van der Waals surface area contributed by atoms with E-state index in [1.54, 1.807) is 13.3 Å². The molecule has 0 radical (unpaired) electrons. The molecule has 4 unspecified atom stereocenters. The van der Waals surface area contributed by atoms with Gasteiger partial charge in [-0.2, -0.15) is 0 Å². The van der Waals surface area contributed by atoms with Gasteiger partial charge in [-0.15, -0.1) is 0 Å². The molecule has 0 bridgehead atoms. The minimum Gasteiger partial charge on any atom is -0.464 e. The molecule has 1 saturated heterocycles. The number of carbonyl (C=O) groups is 1. The zero-order chi connectivity index (χ0) is 24.9. The number of aryl methyl sites for hydroxylation is 1. The molecule has 1 aliphatic heterocycles. The predicted molar refractivity (Wildman–Crippen MR) is 142 cm³/mol. The number of hydrogen-bond acceptors (Lipinski definition) is 4. The highest BCUT2D eigenvalue weighted by atomic mass is 32.2. The maximum absolute atomic E-state index is 14.3. The predicted octanol–water partition coefficient (Wildman–Crippen LogP) is 5.79. The van der Waals surface area contributed by atoms with Crippen molar-refractivity contribution in [3.05, 3.63) is 65.9 Å². The van der Waals surface area contributed by atoms with Gasteiger partial charge in [-0.1, -0.05) is 29.8 Å². The molecule has 6 nitrogen and oxygen atoms in total. The van der Waals surface area contributed by atoms with Gasteiger partial charge in [0.05, 0.1) is 11.2 Å². The van der Waals surface area contributed by atoms with E-state index in [2.05, 4.69) is 27.5 Å². The van der Waals surface area contributed by atoms with Crippen molar-refractivity contribution in [2.45, 2.75) is 69.0 Å². The molecular weight excluding hydrogens is 470 g/mol. The summed E-state index contributed by atoms with van der Waals surface area (Å²) in [6.45, 7) is 3.18. The number of rotatable bonds is 6. The normalized spacial score (nSPS) is 27.4. The van der Waals surface area contributed by atoms with Crippen molar-refractivity contribution in [3.8, 4) is 0 Å². The summed E-state index contributed by atoms with van der Waals surface area (Å²) in [6, 6.07) is 15.7. The summed E-state index contributed by atoms with van der Waals surface area (Å²) >= 11 is 0. The summed E-state index contributed by atoms with van der Waals surface area (Å²) in [4.78, 5) is 17.1. The van der Waals surface area contributed by atoms with Crippen molar-refractivity contribution < 1.29 is 13.4 Å². The van der Waals surface area contributed by atoms with E-state index in [1.165, 1.54) is 12.8 Å². The third-order valence-corrected chi connectivity index (χ3v) is 10.9. The van der Waals surface area contributed by atoms with Crippen molar-refractivity contribution in [1.29, 1.82) is 0 Å². The molecule has 2 aliphatic carbocycles. The van der Waals surface area contributed by atoms with Crippen LogP contribution in [0.15, 0.2) is 68.5 Å². The van der Waals surface area contributed by atoms with Crippen molar-refractivity contribution in [3.63, 3.8) is 0 Å². The van der Waals surface area contributed by atoms with Crippen molar-refractivity contribution >= 4 is 26.8 Å². The second-order valence-corrected chi connectivity index (χ2v) is 13.1. The Morgan fingerprint density at radius 2 is 1.92 bits per heavy atom. The molecule has 1 aromatic heterocycles. The Morgan fingerprint density at radius 1 is 1.08 bits per heavy atom. The molecule has 2 saturated carbocycles. The van der Waals surface area contributed by atoms with Gasteiger partial charge < -0.3 is 9.32 Å². The molecule has 190 valence electrons. The molecule has 36 heavy (non-hydrogen) atoms. The highest BCUT2D eigenvalue weighted by molar-refractivity contribution is 7.91. The van der Waals surface area contributed by atoms with Gasteiger partial charge in [0.25, 0.3) is 0 Å². The molecule has 6 rings (SSSR count). The van der Waals surface area contributed by atoms with Crippen LogP contribution in [0.3, 0.4) is 0 Å². The minimum absolute atomic E-state index is 0.0969.